The van der Waals surface area contributed by atoms with Crippen molar-refractivity contribution in [1.29, 1.82) is 0 Å². The molecule has 7 heteroatoms. The van der Waals surface area contributed by atoms with Crippen LogP contribution >= 0.6 is 15.9 Å². The predicted octanol–water partition coefficient (Wildman–Crippen LogP) is -0.456. The van der Waals surface area contributed by atoms with Crippen LogP contribution in [-0.4, -0.2) is 31.4 Å². The zero-order chi connectivity index (χ0) is 8.27. The van der Waals surface area contributed by atoms with Gasteiger partial charge in [-0.3, -0.25) is 10.1 Å². The van der Waals surface area contributed by atoms with Crippen LogP contribution in [0.4, 0.5) is 5.95 Å². The first-order chi connectivity index (χ1) is 5.24. The van der Waals surface area contributed by atoms with Crippen LogP contribution in [0.5, 0.6) is 0 Å². The van der Waals surface area contributed by atoms with Crippen molar-refractivity contribution in [3.63, 3.8) is 0 Å². The molecule has 60 valence electrons. The highest BCUT2D eigenvalue weighted by atomic mass is 79.9. The number of aromatic nitrogens is 4. The summed E-state index contributed by atoms with van der Waals surface area (Å²) in [6, 6.07) is 0. The van der Waals surface area contributed by atoms with Gasteiger partial charge in [0.05, 0.1) is 5.33 Å². The van der Waals surface area contributed by atoms with Gasteiger partial charge in [-0.2, -0.15) is 0 Å². The number of amides is 1. The molecule has 0 fully saturated rings. The van der Waals surface area contributed by atoms with Gasteiger partial charge in [0.15, 0.2) is 0 Å². The van der Waals surface area contributed by atoms with Gasteiger partial charge in [-0.1, -0.05) is 21.0 Å². The molecule has 11 heavy (non-hydrogen) atoms. The summed E-state index contributed by atoms with van der Waals surface area (Å²) >= 11 is 3.00. The van der Waals surface area contributed by atoms with Crippen LogP contribution < -0.4 is 5.32 Å². The fraction of sp³-hybridized carbons (Fsp3) is 0.500. The maximum absolute atomic E-state index is 10.8. The number of halogens is 1. The van der Waals surface area contributed by atoms with Gasteiger partial charge in [-0.15, -0.1) is 0 Å². The SMILES string of the molecule is Cn1nnnc1NC(=O)CBr. The van der Waals surface area contributed by atoms with Gasteiger partial charge in [0.1, 0.15) is 0 Å². The number of nitrogens with zero attached hydrogens (tertiary/aromatic N) is 4. The van der Waals surface area contributed by atoms with E-state index < -0.39 is 0 Å². The maximum Gasteiger partial charge on any atom is 0.249 e. The second-order valence-corrected chi connectivity index (χ2v) is 2.37. The number of hydrogen-bond acceptors (Lipinski definition) is 4. The zero-order valence-electron chi connectivity index (χ0n) is 5.78. The molecule has 0 spiro atoms. The van der Waals surface area contributed by atoms with Crippen molar-refractivity contribution in [3.05, 3.63) is 0 Å². The molecule has 0 saturated carbocycles. The van der Waals surface area contributed by atoms with E-state index in [-0.39, 0.29) is 11.2 Å². The number of rotatable bonds is 2. The van der Waals surface area contributed by atoms with E-state index in [9.17, 15) is 4.79 Å². The second-order valence-electron chi connectivity index (χ2n) is 1.81. The third-order valence-corrected chi connectivity index (χ3v) is 1.50. The number of alkyl halides is 1. The average molecular weight is 220 g/mol. The predicted molar refractivity (Wildman–Crippen MR) is 41.2 cm³/mol. The number of anilines is 1. The van der Waals surface area contributed by atoms with Gasteiger partial charge in [0, 0.05) is 7.05 Å². The molecule has 1 rings (SSSR count). The van der Waals surface area contributed by atoms with E-state index in [1.807, 2.05) is 0 Å². The molecular formula is C4H6BrN5O. The zero-order valence-corrected chi connectivity index (χ0v) is 7.37. The van der Waals surface area contributed by atoms with Crippen LogP contribution in [0.1, 0.15) is 0 Å². The highest BCUT2D eigenvalue weighted by Crippen LogP contribution is 1.95. The minimum atomic E-state index is -0.178. The van der Waals surface area contributed by atoms with Crippen molar-refractivity contribution >= 4 is 27.8 Å². The summed E-state index contributed by atoms with van der Waals surface area (Å²) in [6.45, 7) is 0. The number of nitrogens with one attached hydrogen (secondary N) is 1. The Bertz CT molecular complexity index is 259. The topological polar surface area (TPSA) is 72.7 Å². The number of carbonyl (C=O) groups excluding carboxylic acids is 1. The molecule has 0 aromatic carbocycles. The van der Waals surface area contributed by atoms with E-state index in [2.05, 4.69) is 36.8 Å². The van der Waals surface area contributed by atoms with Crippen LogP contribution in [0.2, 0.25) is 0 Å². The Morgan fingerprint density at radius 1 is 1.82 bits per heavy atom. The lowest BCUT2D eigenvalue weighted by molar-refractivity contribution is -0.113. The molecule has 0 aliphatic carbocycles. The van der Waals surface area contributed by atoms with Gasteiger partial charge in [0.25, 0.3) is 0 Å². The molecule has 0 atom stereocenters. The first-order valence-electron chi connectivity index (χ1n) is 2.82. The minimum Gasteiger partial charge on any atom is -0.293 e. The fourth-order valence-electron chi connectivity index (χ4n) is 0.493. The van der Waals surface area contributed by atoms with Crippen molar-refractivity contribution < 1.29 is 4.79 Å². The molecule has 0 radical (unpaired) electrons. The molecule has 6 nitrogen and oxygen atoms in total. The molecule has 0 bridgehead atoms. The number of carbonyl (C=O) groups is 1. The van der Waals surface area contributed by atoms with Crippen LogP contribution in [0.15, 0.2) is 0 Å². The number of aryl methyl sites for hydroxylation is 1. The van der Waals surface area contributed by atoms with Crippen LogP contribution in [-0.2, 0) is 11.8 Å². The van der Waals surface area contributed by atoms with Gasteiger partial charge in [-0.05, 0) is 10.4 Å². The largest absolute Gasteiger partial charge is 0.293 e. The van der Waals surface area contributed by atoms with E-state index >= 15 is 0 Å². The third kappa shape index (κ3) is 1.97. The van der Waals surface area contributed by atoms with Gasteiger partial charge >= 0.3 is 0 Å². The molecule has 0 unspecified atom stereocenters. The molecule has 0 aliphatic heterocycles. The van der Waals surface area contributed by atoms with Gasteiger partial charge in [0.2, 0.25) is 11.9 Å². The summed E-state index contributed by atoms with van der Waals surface area (Å²) in [7, 11) is 1.64. The van der Waals surface area contributed by atoms with Crippen molar-refractivity contribution in [1.82, 2.24) is 20.2 Å². The maximum atomic E-state index is 10.8. The van der Waals surface area contributed by atoms with Crippen LogP contribution in [0, 0.1) is 0 Å². The quantitative estimate of drug-likeness (QED) is 0.684. The van der Waals surface area contributed by atoms with E-state index in [1.165, 1.54) is 4.68 Å². The van der Waals surface area contributed by atoms with Crippen molar-refractivity contribution in [3.8, 4) is 0 Å². The lowest BCUT2D eigenvalue weighted by Crippen LogP contribution is -2.15. The molecule has 1 aromatic heterocycles. The Morgan fingerprint density at radius 3 is 3.00 bits per heavy atom. The van der Waals surface area contributed by atoms with Gasteiger partial charge < -0.3 is 0 Å². The van der Waals surface area contributed by atoms with Crippen LogP contribution in [0.3, 0.4) is 0 Å². The molecule has 0 aliphatic rings. The lowest BCUT2D eigenvalue weighted by atomic mass is 10.7. The Balaban J connectivity index is 2.64. The van der Waals surface area contributed by atoms with E-state index in [0.717, 1.165) is 0 Å². The van der Waals surface area contributed by atoms with Gasteiger partial charge in [-0.25, -0.2) is 4.68 Å². The van der Waals surface area contributed by atoms with Crippen LogP contribution in [0.25, 0.3) is 0 Å². The Hall–Kier alpha value is -0.980. The number of hydrogen-bond donors (Lipinski definition) is 1. The molecule has 1 amide bonds. The monoisotopic (exact) mass is 219 g/mol. The summed E-state index contributed by atoms with van der Waals surface area (Å²) < 4.78 is 1.38. The normalized spacial score (nSPS) is 9.64. The summed E-state index contributed by atoms with van der Waals surface area (Å²) in [4.78, 5) is 10.8. The van der Waals surface area contributed by atoms with Crippen molar-refractivity contribution in [2.75, 3.05) is 10.6 Å². The summed E-state index contributed by atoms with van der Waals surface area (Å²) in [5.41, 5.74) is 0. The standard InChI is InChI=1S/C4H6BrN5O/c1-10-4(7-8-9-10)6-3(11)2-5/h2H2,1H3,(H,6,7,9,11). The minimum absolute atomic E-state index is 0.178. The lowest BCUT2D eigenvalue weighted by Gasteiger charge is -1.97. The van der Waals surface area contributed by atoms with E-state index in [4.69, 9.17) is 0 Å². The van der Waals surface area contributed by atoms with E-state index in [1.54, 1.807) is 7.05 Å². The third-order valence-electron chi connectivity index (χ3n) is 0.993. The molecular weight excluding hydrogens is 214 g/mol. The highest BCUT2D eigenvalue weighted by Gasteiger charge is 2.04. The highest BCUT2D eigenvalue weighted by molar-refractivity contribution is 9.09. The number of tetrazole rings is 1. The second kappa shape index (κ2) is 3.42. The summed E-state index contributed by atoms with van der Waals surface area (Å²) in [5, 5.41) is 13.1. The molecule has 1 N–H and O–H groups in total. The first kappa shape index (κ1) is 8.12. The first-order valence-corrected chi connectivity index (χ1v) is 3.94. The summed E-state index contributed by atoms with van der Waals surface area (Å²) in [5.74, 6) is 0.164. The summed E-state index contributed by atoms with van der Waals surface area (Å²) in [6.07, 6.45) is 0. The van der Waals surface area contributed by atoms with Crippen molar-refractivity contribution in [2.24, 2.45) is 7.05 Å². The fourth-order valence-corrected chi connectivity index (χ4v) is 0.634. The smallest absolute Gasteiger partial charge is 0.249 e. The van der Waals surface area contributed by atoms with E-state index in [0.29, 0.717) is 5.95 Å². The molecule has 1 aromatic rings. The van der Waals surface area contributed by atoms with Crippen molar-refractivity contribution in [2.45, 2.75) is 0 Å². The molecule has 1 heterocycles. The Labute approximate surface area is 71.1 Å². The molecule has 0 saturated heterocycles. The Kier molecular flexibility index (Phi) is 2.53. The average Bonchev–Trinajstić information content (AvgIpc) is 2.37. The Morgan fingerprint density at radius 2 is 2.55 bits per heavy atom.